The van der Waals surface area contributed by atoms with E-state index in [1.807, 2.05) is 0 Å². The molecule has 0 unspecified atom stereocenters. The van der Waals surface area contributed by atoms with E-state index in [9.17, 15) is 5.11 Å². The van der Waals surface area contributed by atoms with Crippen LogP contribution < -0.4 is 0 Å². The molecule has 0 spiro atoms. The molecule has 1 aliphatic rings. The van der Waals surface area contributed by atoms with Gasteiger partial charge in [0.1, 0.15) is 0 Å². The lowest BCUT2D eigenvalue weighted by Gasteiger charge is -2.34. The molecule has 0 aromatic carbocycles. The fourth-order valence-electron chi connectivity index (χ4n) is 2.76. The van der Waals surface area contributed by atoms with Gasteiger partial charge in [-0.3, -0.25) is 0 Å². The lowest BCUT2D eigenvalue weighted by molar-refractivity contribution is -0.0180. The molecule has 4 heteroatoms. The molecule has 1 aliphatic carbocycles. The predicted molar refractivity (Wildman–Crippen MR) is 64.6 cm³/mol. The number of rotatable bonds is 4. The van der Waals surface area contributed by atoms with Crippen LogP contribution in [0.4, 0.5) is 0 Å². The normalized spacial score (nSPS) is 29.5. The van der Waals surface area contributed by atoms with E-state index in [1.54, 1.807) is 0 Å². The van der Waals surface area contributed by atoms with Gasteiger partial charge < -0.3 is 9.63 Å². The van der Waals surface area contributed by atoms with E-state index in [2.05, 4.69) is 24.0 Å². The van der Waals surface area contributed by atoms with Crippen molar-refractivity contribution in [2.75, 3.05) is 0 Å². The Labute approximate surface area is 102 Å². The largest absolute Gasteiger partial charge is 0.389 e. The van der Waals surface area contributed by atoms with Crippen LogP contribution in [0.1, 0.15) is 57.7 Å². The maximum absolute atomic E-state index is 10.5. The van der Waals surface area contributed by atoms with E-state index < -0.39 is 5.60 Å². The smallest absolute Gasteiger partial charge is 0.229 e. The van der Waals surface area contributed by atoms with Crippen molar-refractivity contribution in [2.24, 2.45) is 5.92 Å². The van der Waals surface area contributed by atoms with Crippen molar-refractivity contribution in [3.8, 4) is 0 Å². The fourth-order valence-corrected chi connectivity index (χ4v) is 2.76. The van der Waals surface area contributed by atoms with Gasteiger partial charge in [-0.05, 0) is 25.2 Å². The van der Waals surface area contributed by atoms with Crippen molar-refractivity contribution >= 4 is 0 Å². The van der Waals surface area contributed by atoms with Crippen LogP contribution in [0.5, 0.6) is 0 Å². The first kappa shape index (κ1) is 12.6. The number of aliphatic hydroxyl groups is 1. The third-order valence-electron chi connectivity index (χ3n) is 3.53. The second-order valence-corrected chi connectivity index (χ2v) is 5.46. The minimum Gasteiger partial charge on any atom is -0.389 e. The summed E-state index contributed by atoms with van der Waals surface area (Å²) in [5.41, 5.74) is -0.631. The Morgan fingerprint density at radius 3 is 3.06 bits per heavy atom. The molecule has 2 atom stereocenters. The standard InChI is InChI=1S/C13H22N2O2/c1-3-5-11-14-12(17-15-11)9-13(16)7-4-6-10(2)8-13/h10,16H,3-9H2,1-2H3/t10-,13+/m0/s1. The predicted octanol–water partition coefficient (Wildman–Crippen LogP) is 2.51. The summed E-state index contributed by atoms with van der Waals surface area (Å²) in [5, 5.41) is 14.4. The average Bonchev–Trinajstić information content (AvgIpc) is 2.64. The van der Waals surface area contributed by atoms with Crippen molar-refractivity contribution in [1.29, 1.82) is 0 Å². The fraction of sp³-hybridized carbons (Fsp3) is 0.846. The van der Waals surface area contributed by atoms with Crippen LogP contribution in [-0.4, -0.2) is 20.8 Å². The topological polar surface area (TPSA) is 59.2 Å². The molecule has 1 aromatic rings. The molecule has 1 N–H and O–H groups in total. The number of aromatic nitrogens is 2. The molecule has 17 heavy (non-hydrogen) atoms. The van der Waals surface area contributed by atoms with E-state index in [0.717, 1.165) is 37.9 Å². The molecular formula is C13H22N2O2. The molecule has 0 amide bonds. The first-order valence-electron chi connectivity index (χ1n) is 6.65. The van der Waals surface area contributed by atoms with Gasteiger partial charge in [-0.1, -0.05) is 31.8 Å². The van der Waals surface area contributed by atoms with Crippen LogP contribution in [0.15, 0.2) is 4.52 Å². The van der Waals surface area contributed by atoms with Crippen LogP contribution in [0.3, 0.4) is 0 Å². The zero-order valence-electron chi connectivity index (χ0n) is 10.8. The molecule has 96 valence electrons. The molecule has 1 heterocycles. The molecule has 1 saturated carbocycles. The highest BCUT2D eigenvalue weighted by Crippen LogP contribution is 2.34. The molecule has 1 fully saturated rings. The third-order valence-corrected chi connectivity index (χ3v) is 3.53. The minimum atomic E-state index is -0.631. The molecule has 4 nitrogen and oxygen atoms in total. The Morgan fingerprint density at radius 1 is 1.53 bits per heavy atom. The summed E-state index contributed by atoms with van der Waals surface area (Å²) in [6, 6.07) is 0. The van der Waals surface area contributed by atoms with Crippen molar-refractivity contribution in [3.05, 3.63) is 11.7 Å². The van der Waals surface area contributed by atoms with E-state index in [1.165, 1.54) is 6.42 Å². The Kier molecular flexibility index (Phi) is 3.82. The van der Waals surface area contributed by atoms with E-state index in [0.29, 0.717) is 18.2 Å². The number of aryl methyl sites for hydroxylation is 1. The molecule has 0 radical (unpaired) electrons. The molecule has 0 saturated heterocycles. The van der Waals surface area contributed by atoms with Crippen LogP contribution in [0, 0.1) is 5.92 Å². The summed E-state index contributed by atoms with van der Waals surface area (Å²) < 4.78 is 5.20. The number of nitrogens with zero attached hydrogens (tertiary/aromatic N) is 2. The van der Waals surface area contributed by atoms with Crippen molar-refractivity contribution in [3.63, 3.8) is 0 Å². The minimum absolute atomic E-state index is 0.508. The van der Waals surface area contributed by atoms with Gasteiger partial charge in [0.05, 0.1) is 12.0 Å². The van der Waals surface area contributed by atoms with Gasteiger partial charge in [0.15, 0.2) is 5.82 Å². The number of hydrogen-bond donors (Lipinski definition) is 1. The summed E-state index contributed by atoms with van der Waals surface area (Å²) in [6.45, 7) is 4.28. The van der Waals surface area contributed by atoms with Crippen LogP contribution in [-0.2, 0) is 12.8 Å². The van der Waals surface area contributed by atoms with Crippen molar-refractivity contribution in [1.82, 2.24) is 10.1 Å². The first-order valence-corrected chi connectivity index (χ1v) is 6.65. The molecule has 1 aromatic heterocycles. The lowest BCUT2D eigenvalue weighted by atomic mass is 9.77. The van der Waals surface area contributed by atoms with Gasteiger partial charge in [-0.2, -0.15) is 4.98 Å². The van der Waals surface area contributed by atoms with Gasteiger partial charge in [0.25, 0.3) is 0 Å². The monoisotopic (exact) mass is 238 g/mol. The Hall–Kier alpha value is -0.900. The second kappa shape index (κ2) is 5.17. The zero-order chi connectivity index (χ0) is 12.3. The van der Waals surface area contributed by atoms with Crippen LogP contribution >= 0.6 is 0 Å². The van der Waals surface area contributed by atoms with Gasteiger partial charge in [0.2, 0.25) is 5.89 Å². The summed E-state index contributed by atoms with van der Waals surface area (Å²) in [7, 11) is 0. The van der Waals surface area contributed by atoms with Crippen molar-refractivity contribution < 1.29 is 9.63 Å². The lowest BCUT2D eigenvalue weighted by Crippen LogP contribution is -2.36. The number of hydrogen-bond acceptors (Lipinski definition) is 4. The van der Waals surface area contributed by atoms with Gasteiger partial charge in [-0.25, -0.2) is 0 Å². The maximum atomic E-state index is 10.5. The first-order chi connectivity index (χ1) is 8.11. The van der Waals surface area contributed by atoms with Crippen LogP contribution in [0.2, 0.25) is 0 Å². The van der Waals surface area contributed by atoms with Crippen molar-refractivity contribution in [2.45, 2.75) is 64.4 Å². The van der Waals surface area contributed by atoms with Crippen LogP contribution in [0.25, 0.3) is 0 Å². The zero-order valence-corrected chi connectivity index (χ0v) is 10.8. The highest BCUT2D eigenvalue weighted by atomic mass is 16.5. The Balaban J connectivity index is 1.98. The highest BCUT2D eigenvalue weighted by Gasteiger charge is 2.34. The quantitative estimate of drug-likeness (QED) is 0.875. The highest BCUT2D eigenvalue weighted by molar-refractivity contribution is 4.95. The molecule has 2 rings (SSSR count). The average molecular weight is 238 g/mol. The molecule has 0 aliphatic heterocycles. The second-order valence-electron chi connectivity index (χ2n) is 5.46. The molecule has 0 bridgehead atoms. The Bertz CT molecular complexity index is 364. The van der Waals surface area contributed by atoms with Gasteiger partial charge in [0, 0.05) is 6.42 Å². The molecular weight excluding hydrogens is 216 g/mol. The van der Waals surface area contributed by atoms with E-state index in [4.69, 9.17) is 4.52 Å². The summed E-state index contributed by atoms with van der Waals surface area (Å²) in [5.74, 6) is 1.94. The summed E-state index contributed by atoms with van der Waals surface area (Å²) in [6.07, 6.45) is 6.37. The van der Waals surface area contributed by atoms with E-state index in [-0.39, 0.29) is 0 Å². The maximum Gasteiger partial charge on any atom is 0.229 e. The van der Waals surface area contributed by atoms with E-state index >= 15 is 0 Å². The van der Waals surface area contributed by atoms with Gasteiger partial charge in [-0.15, -0.1) is 0 Å². The SMILES string of the molecule is CCCc1noc(C[C@@]2(O)CCC[C@H](C)C2)n1. The summed E-state index contributed by atoms with van der Waals surface area (Å²) in [4.78, 5) is 4.33. The summed E-state index contributed by atoms with van der Waals surface area (Å²) >= 11 is 0. The van der Waals surface area contributed by atoms with Gasteiger partial charge >= 0.3 is 0 Å². The third kappa shape index (κ3) is 3.28. The Morgan fingerprint density at radius 2 is 2.35 bits per heavy atom.